The molecule has 0 aromatic rings. The molecule has 0 radical (unpaired) electrons. The van der Waals surface area contributed by atoms with E-state index >= 15 is 0 Å². The Morgan fingerprint density at radius 1 is 1.50 bits per heavy atom. The molecular formula is C10H16ClN3O2. The molecule has 0 heterocycles. The summed E-state index contributed by atoms with van der Waals surface area (Å²) in [6.07, 6.45) is 0.259. The van der Waals surface area contributed by atoms with Gasteiger partial charge in [0.2, 0.25) is 11.8 Å². The number of carbonyl (C=O) groups excluding carboxylic acids is 2. The molecule has 0 aliphatic carbocycles. The number of hydrogen-bond donors (Lipinski definition) is 1. The molecule has 2 amide bonds. The summed E-state index contributed by atoms with van der Waals surface area (Å²) in [5.74, 6) is -0.367. The maximum absolute atomic E-state index is 11.6. The van der Waals surface area contributed by atoms with Crippen LogP contribution in [-0.2, 0) is 9.59 Å². The summed E-state index contributed by atoms with van der Waals surface area (Å²) < 4.78 is 0. The van der Waals surface area contributed by atoms with E-state index in [0.29, 0.717) is 19.6 Å². The van der Waals surface area contributed by atoms with Crippen molar-refractivity contribution in [1.29, 1.82) is 5.26 Å². The van der Waals surface area contributed by atoms with Crippen LogP contribution >= 0.6 is 11.6 Å². The zero-order valence-corrected chi connectivity index (χ0v) is 10.3. The molecule has 1 unspecified atom stereocenters. The Kier molecular flexibility index (Phi) is 7.31. The lowest BCUT2D eigenvalue weighted by molar-refractivity contribution is -0.130. The first-order valence-corrected chi connectivity index (χ1v) is 5.47. The predicted octanol–water partition coefficient (Wildman–Crippen LogP) is 0.492. The normalized spacial score (nSPS) is 11.4. The molecule has 6 heteroatoms. The highest BCUT2D eigenvalue weighted by atomic mass is 35.5. The third-order valence-corrected chi connectivity index (χ3v) is 2.09. The molecule has 0 bridgehead atoms. The summed E-state index contributed by atoms with van der Waals surface area (Å²) in [4.78, 5) is 23.7. The highest BCUT2D eigenvalue weighted by Crippen LogP contribution is 2.02. The number of rotatable bonds is 6. The molecule has 0 saturated carbocycles. The van der Waals surface area contributed by atoms with E-state index in [1.54, 1.807) is 6.92 Å². The lowest BCUT2D eigenvalue weighted by atomic mass is 10.3. The molecule has 16 heavy (non-hydrogen) atoms. The second-order valence-corrected chi connectivity index (χ2v) is 3.99. The molecule has 0 aliphatic heterocycles. The summed E-state index contributed by atoms with van der Waals surface area (Å²) >= 11 is 5.68. The van der Waals surface area contributed by atoms with Crippen LogP contribution in [0.15, 0.2) is 0 Å². The van der Waals surface area contributed by atoms with Crippen LogP contribution in [0.2, 0.25) is 0 Å². The summed E-state index contributed by atoms with van der Waals surface area (Å²) in [6, 6.07) is 1.97. The van der Waals surface area contributed by atoms with Crippen molar-refractivity contribution in [3.63, 3.8) is 0 Å². The zero-order chi connectivity index (χ0) is 12.6. The predicted molar refractivity (Wildman–Crippen MR) is 60.8 cm³/mol. The molecule has 0 spiro atoms. The number of nitrogens with zero attached hydrogens (tertiary/aromatic N) is 2. The lowest BCUT2D eigenvalue weighted by Gasteiger charge is -2.22. The van der Waals surface area contributed by atoms with Gasteiger partial charge in [0.05, 0.1) is 12.5 Å². The third kappa shape index (κ3) is 6.25. The minimum Gasteiger partial charge on any atom is -0.355 e. The quantitative estimate of drug-likeness (QED) is 0.693. The van der Waals surface area contributed by atoms with E-state index in [-0.39, 0.29) is 18.2 Å². The van der Waals surface area contributed by atoms with Gasteiger partial charge < -0.3 is 10.2 Å². The molecule has 0 saturated heterocycles. The van der Waals surface area contributed by atoms with Crippen molar-refractivity contribution < 1.29 is 9.59 Å². The van der Waals surface area contributed by atoms with E-state index in [2.05, 4.69) is 5.32 Å². The van der Waals surface area contributed by atoms with E-state index in [9.17, 15) is 9.59 Å². The monoisotopic (exact) mass is 245 g/mol. The smallest absolute Gasteiger partial charge is 0.240 e. The fourth-order valence-corrected chi connectivity index (χ4v) is 1.27. The van der Waals surface area contributed by atoms with Crippen LogP contribution < -0.4 is 5.32 Å². The number of hydrogen-bond acceptors (Lipinski definition) is 3. The number of alkyl halides is 1. The molecule has 0 aliphatic rings. The second kappa shape index (κ2) is 7.94. The van der Waals surface area contributed by atoms with Gasteiger partial charge in [-0.25, -0.2) is 0 Å². The Bertz CT molecular complexity index is 286. The summed E-state index contributed by atoms with van der Waals surface area (Å²) in [7, 11) is 0. The first kappa shape index (κ1) is 14.7. The van der Waals surface area contributed by atoms with Crippen LogP contribution in [-0.4, -0.2) is 41.7 Å². The highest BCUT2D eigenvalue weighted by Gasteiger charge is 2.17. The van der Waals surface area contributed by atoms with E-state index in [1.165, 1.54) is 11.8 Å². The van der Waals surface area contributed by atoms with E-state index in [1.807, 2.05) is 6.07 Å². The minimum absolute atomic E-state index is 0.147. The van der Waals surface area contributed by atoms with Crippen LogP contribution in [0.3, 0.4) is 0 Å². The molecule has 0 aromatic carbocycles. The lowest BCUT2D eigenvalue weighted by Crippen LogP contribution is -2.41. The standard InChI is InChI=1S/C10H16ClN3O2/c1-8(11)10(16)14(6-3-4-12)7-5-13-9(2)15/h8H,3,5-7H2,1-2H3,(H,13,15). The van der Waals surface area contributed by atoms with Gasteiger partial charge in [-0.2, -0.15) is 5.26 Å². The van der Waals surface area contributed by atoms with Gasteiger partial charge in [-0.1, -0.05) is 0 Å². The maximum atomic E-state index is 11.6. The third-order valence-electron chi connectivity index (χ3n) is 1.90. The summed E-state index contributed by atoms with van der Waals surface area (Å²) in [5.41, 5.74) is 0. The topological polar surface area (TPSA) is 73.2 Å². The molecule has 1 atom stereocenters. The number of nitrogens with one attached hydrogen (secondary N) is 1. The van der Waals surface area contributed by atoms with Gasteiger partial charge in [0.15, 0.2) is 0 Å². The summed E-state index contributed by atoms with van der Waals surface area (Å²) in [6.45, 7) is 4.08. The molecule has 0 rings (SSSR count). The second-order valence-electron chi connectivity index (χ2n) is 3.33. The molecule has 5 nitrogen and oxygen atoms in total. The van der Waals surface area contributed by atoms with Crippen molar-refractivity contribution in [2.45, 2.75) is 25.6 Å². The van der Waals surface area contributed by atoms with Crippen LogP contribution in [0.25, 0.3) is 0 Å². The SMILES string of the molecule is CC(=O)NCCN(CCC#N)C(=O)C(C)Cl. The van der Waals surface area contributed by atoms with Crippen LogP contribution in [0.5, 0.6) is 0 Å². The molecule has 0 aromatic heterocycles. The Balaban J connectivity index is 4.16. The van der Waals surface area contributed by atoms with Gasteiger partial charge in [-0.15, -0.1) is 11.6 Å². The Hall–Kier alpha value is -1.28. The van der Waals surface area contributed by atoms with Crippen molar-refractivity contribution >= 4 is 23.4 Å². The van der Waals surface area contributed by atoms with E-state index in [0.717, 1.165) is 0 Å². The molecule has 90 valence electrons. The molecule has 0 fully saturated rings. The van der Waals surface area contributed by atoms with Gasteiger partial charge in [-0.05, 0) is 6.92 Å². The van der Waals surface area contributed by atoms with Gasteiger partial charge >= 0.3 is 0 Å². The molecular weight excluding hydrogens is 230 g/mol. The number of carbonyl (C=O) groups is 2. The minimum atomic E-state index is -0.615. The van der Waals surface area contributed by atoms with Crippen LogP contribution in [0.1, 0.15) is 20.3 Å². The fraction of sp³-hybridized carbons (Fsp3) is 0.700. The maximum Gasteiger partial charge on any atom is 0.240 e. The largest absolute Gasteiger partial charge is 0.355 e. The van der Waals surface area contributed by atoms with E-state index in [4.69, 9.17) is 16.9 Å². The average molecular weight is 246 g/mol. The van der Waals surface area contributed by atoms with Crippen LogP contribution in [0, 0.1) is 11.3 Å². The van der Waals surface area contributed by atoms with Gasteiger partial charge in [0.25, 0.3) is 0 Å². The number of nitriles is 1. The zero-order valence-electron chi connectivity index (χ0n) is 9.49. The fourth-order valence-electron chi connectivity index (χ4n) is 1.14. The number of amides is 2. The highest BCUT2D eigenvalue weighted by molar-refractivity contribution is 6.30. The van der Waals surface area contributed by atoms with E-state index < -0.39 is 5.38 Å². The van der Waals surface area contributed by atoms with Crippen molar-refractivity contribution in [3.8, 4) is 6.07 Å². The molecule has 1 N–H and O–H groups in total. The van der Waals surface area contributed by atoms with Crippen molar-refractivity contribution in [3.05, 3.63) is 0 Å². The Labute approximate surface area is 100 Å². The van der Waals surface area contributed by atoms with Crippen molar-refractivity contribution in [2.24, 2.45) is 0 Å². The van der Waals surface area contributed by atoms with Gasteiger partial charge in [0, 0.05) is 26.6 Å². The average Bonchev–Trinajstić information content (AvgIpc) is 2.21. The Morgan fingerprint density at radius 3 is 2.56 bits per heavy atom. The van der Waals surface area contributed by atoms with Gasteiger partial charge in [0.1, 0.15) is 5.38 Å². The van der Waals surface area contributed by atoms with Crippen molar-refractivity contribution in [1.82, 2.24) is 10.2 Å². The summed E-state index contributed by atoms with van der Waals surface area (Å²) in [5, 5.41) is 10.4. The van der Waals surface area contributed by atoms with Crippen molar-refractivity contribution in [2.75, 3.05) is 19.6 Å². The van der Waals surface area contributed by atoms with Crippen LogP contribution in [0.4, 0.5) is 0 Å². The van der Waals surface area contributed by atoms with Gasteiger partial charge in [-0.3, -0.25) is 9.59 Å². The first-order valence-electron chi connectivity index (χ1n) is 5.03. The number of halogens is 1. The first-order chi connectivity index (χ1) is 7.49. The Morgan fingerprint density at radius 2 is 2.12 bits per heavy atom.